The molecule has 2 aliphatic rings. The van der Waals surface area contributed by atoms with E-state index in [2.05, 4.69) is 36.5 Å². The SMILES string of the molecule is C=Cc1c(C)c2cc3nc(c(C)c4nc(cc5[nH]c(cc1[nH]2)c(C)c5CC)C(C)=C4C(=O)[O-])[C@H](CCC(=O)[O-])[C@H]3C.[Na+].[Na+]. The maximum Gasteiger partial charge on any atom is 1.00 e. The van der Waals surface area contributed by atoms with Gasteiger partial charge in [-0.1, -0.05) is 26.5 Å². The Labute approximate surface area is 295 Å². The van der Waals surface area contributed by atoms with Crippen LogP contribution in [0.5, 0.6) is 0 Å². The molecule has 10 heteroatoms. The monoisotopic (exact) mass is 596 g/mol. The van der Waals surface area contributed by atoms with Crippen LogP contribution in [0.3, 0.4) is 0 Å². The number of fused-ring (bicyclic) bond motifs is 8. The first-order chi connectivity index (χ1) is 19.5. The molecule has 5 rings (SSSR count). The standard InChI is InChI=1S/C33H36N4O4.2Na/c1-8-20-15(3)23-12-25-17(5)22(10-11-29(38)39)31(36-25)19(7)32-30(33(40)41)18(6)26(37-32)14-28-21(9-2)16(4)24(35-28)13-27(20)34-23;;/h8,12-14,17,22,34-35H,1,9-11H2,2-7H3,(H,38,39)(H,40,41);;/q;2*+1/p-2/t17-,22-;;/m1../s1. The van der Waals surface area contributed by atoms with Gasteiger partial charge in [-0.2, -0.15) is 0 Å². The van der Waals surface area contributed by atoms with Gasteiger partial charge in [-0.15, -0.1) is 0 Å². The molecule has 0 spiro atoms. The van der Waals surface area contributed by atoms with Crippen molar-refractivity contribution in [1.29, 1.82) is 0 Å². The Hall–Kier alpha value is -2.46. The zero-order valence-corrected chi connectivity index (χ0v) is 30.3. The topological polar surface area (TPSA) is 138 Å². The van der Waals surface area contributed by atoms with Gasteiger partial charge >= 0.3 is 59.1 Å². The second kappa shape index (κ2) is 13.7. The van der Waals surface area contributed by atoms with Crippen molar-refractivity contribution < 1.29 is 78.9 Å². The molecule has 2 atom stereocenters. The van der Waals surface area contributed by atoms with Gasteiger partial charge in [-0.3, -0.25) is 4.98 Å². The molecule has 0 saturated carbocycles. The molecule has 5 heterocycles. The van der Waals surface area contributed by atoms with Gasteiger partial charge in [-0.25, -0.2) is 4.98 Å². The number of carboxylic acids is 2. The molecular formula is C33H34N4Na2O4. The summed E-state index contributed by atoms with van der Waals surface area (Å²) in [6.07, 6.45) is 2.79. The van der Waals surface area contributed by atoms with Gasteiger partial charge in [0, 0.05) is 62.4 Å². The molecule has 2 N–H and O–H groups in total. The van der Waals surface area contributed by atoms with Gasteiger partial charge in [0.15, 0.2) is 0 Å². The summed E-state index contributed by atoms with van der Waals surface area (Å²) in [5.41, 5.74) is 11.2. The minimum Gasteiger partial charge on any atom is -0.550 e. The van der Waals surface area contributed by atoms with Crippen LogP contribution in [-0.4, -0.2) is 31.9 Å². The van der Waals surface area contributed by atoms with Gasteiger partial charge in [0.1, 0.15) is 0 Å². The zero-order valence-electron chi connectivity index (χ0n) is 26.3. The molecule has 212 valence electrons. The Morgan fingerprint density at radius 2 is 1.58 bits per heavy atom. The van der Waals surface area contributed by atoms with Gasteiger partial charge in [-0.05, 0) is 93.0 Å². The summed E-state index contributed by atoms with van der Waals surface area (Å²) in [5, 5.41) is 23.8. The van der Waals surface area contributed by atoms with E-state index in [9.17, 15) is 19.8 Å². The average Bonchev–Trinajstić information content (AvgIpc) is 3.60. The number of aromatic nitrogens is 4. The van der Waals surface area contributed by atoms with Crippen LogP contribution in [0.4, 0.5) is 0 Å². The number of nitrogens with one attached hydrogen (secondary N) is 2. The summed E-state index contributed by atoms with van der Waals surface area (Å²) in [7, 11) is 0. The number of nitrogens with zero attached hydrogens (tertiary/aromatic N) is 2. The fraction of sp³-hybridized carbons (Fsp3) is 0.333. The number of hydrogen-bond acceptors (Lipinski definition) is 6. The van der Waals surface area contributed by atoms with Crippen LogP contribution in [0.1, 0.15) is 96.0 Å². The minimum atomic E-state index is -1.31. The quantitative estimate of drug-likeness (QED) is 0.334. The molecule has 2 aliphatic heterocycles. The Morgan fingerprint density at radius 1 is 0.930 bits per heavy atom. The summed E-state index contributed by atoms with van der Waals surface area (Å²) in [6.45, 7) is 15.8. The Balaban J connectivity index is 0.00000253. The minimum absolute atomic E-state index is 0. The van der Waals surface area contributed by atoms with Crippen molar-refractivity contribution in [2.75, 3.05) is 0 Å². The number of allylic oxidation sites excluding steroid dienone is 1. The molecule has 3 aromatic heterocycles. The molecule has 0 fully saturated rings. The third-order valence-corrected chi connectivity index (χ3v) is 8.74. The number of carbonyl (C=O) groups is 2. The van der Waals surface area contributed by atoms with Gasteiger partial charge < -0.3 is 29.8 Å². The number of aromatic amines is 2. The van der Waals surface area contributed by atoms with Crippen LogP contribution < -0.4 is 69.3 Å². The van der Waals surface area contributed by atoms with Crippen LogP contribution in [0.2, 0.25) is 0 Å². The molecular weight excluding hydrogens is 562 g/mol. The van der Waals surface area contributed by atoms with E-state index in [1.807, 2.05) is 32.1 Å². The number of hydrogen-bond donors (Lipinski definition) is 2. The van der Waals surface area contributed by atoms with Crippen molar-refractivity contribution in [2.24, 2.45) is 0 Å². The normalized spacial score (nSPS) is 16.0. The zero-order chi connectivity index (χ0) is 29.7. The van der Waals surface area contributed by atoms with E-state index in [4.69, 9.17) is 9.97 Å². The fourth-order valence-electron chi connectivity index (χ4n) is 6.31. The molecule has 0 aromatic carbocycles. The smallest absolute Gasteiger partial charge is 0.550 e. The average molecular weight is 597 g/mol. The summed E-state index contributed by atoms with van der Waals surface area (Å²) >= 11 is 0. The first-order valence-corrected chi connectivity index (χ1v) is 14.0. The second-order valence-corrected chi connectivity index (χ2v) is 11.0. The number of aryl methyl sites for hydroxylation is 3. The molecule has 0 unspecified atom stereocenters. The summed E-state index contributed by atoms with van der Waals surface area (Å²) in [5.74, 6) is -2.82. The van der Waals surface area contributed by atoms with Crippen LogP contribution in [-0.2, 0) is 16.0 Å². The molecule has 8 bridgehead atoms. The summed E-state index contributed by atoms with van der Waals surface area (Å²) in [4.78, 5) is 40.7. The number of aliphatic carboxylic acids is 2. The van der Waals surface area contributed by atoms with Gasteiger partial charge in [0.25, 0.3) is 0 Å². The van der Waals surface area contributed by atoms with E-state index in [1.165, 1.54) is 0 Å². The predicted octanol–water partition coefficient (Wildman–Crippen LogP) is -1.45. The van der Waals surface area contributed by atoms with Crippen LogP contribution in [0.15, 0.2) is 24.8 Å². The third-order valence-electron chi connectivity index (χ3n) is 8.74. The van der Waals surface area contributed by atoms with E-state index >= 15 is 0 Å². The van der Waals surface area contributed by atoms with Crippen LogP contribution >= 0.6 is 0 Å². The predicted molar refractivity (Wildman–Crippen MR) is 158 cm³/mol. The van der Waals surface area contributed by atoms with Crippen molar-refractivity contribution in [1.82, 2.24) is 19.9 Å². The number of carbonyl (C=O) groups excluding carboxylic acids is 2. The van der Waals surface area contributed by atoms with E-state index in [1.54, 1.807) is 13.8 Å². The van der Waals surface area contributed by atoms with E-state index in [0.717, 1.165) is 56.4 Å². The van der Waals surface area contributed by atoms with Crippen molar-refractivity contribution >= 4 is 51.2 Å². The number of rotatable bonds is 6. The fourth-order valence-corrected chi connectivity index (χ4v) is 6.31. The van der Waals surface area contributed by atoms with E-state index in [-0.39, 0.29) is 82.9 Å². The van der Waals surface area contributed by atoms with E-state index < -0.39 is 11.9 Å². The molecule has 43 heavy (non-hydrogen) atoms. The number of H-pyrrole nitrogens is 2. The second-order valence-electron chi connectivity index (χ2n) is 11.0. The Morgan fingerprint density at radius 3 is 2.19 bits per heavy atom. The van der Waals surface area contributed by atoms with E-state index in [0.29, 0.717) is 34.6 Å². The van der Waals surface area contributed by atoms with Gasteiger partial charge in [0.05, 0.1) is 17.4 Å². The molecule has 3 aromatic rings. The Bertz CT molecular complexity index is 1830. The molecule has 0 amide bonds. The summed E-state index contributed by atoms with van der Waals surface area (Å²) in [6, 6.07) is 5.96. The van der Waals surface area contributed by atoms with Crippen LogP contribution in [0.25, 0.3) is 39.3 Å². The molecule has 0 radical (unpaired) electrons. The first-order valence-electron chi connectivity index (χ1n) is 14.0. The van der Waals surface area contributed by atoms with Crippen LogP contribution in [0, 0.1) is 20.8 Å². The first kappa shape index (κ1) is 35.0. The van der Waals surface area contributed by atoms with Crippen molar-refractivity contribution in [2.45, 2.75) is 72.6 Å². The Kier molecular flexibility index (Phi) is 11.1. The maximum absolute atomic E-state index is 12.4. The van der Waals surface area contributed by atoms with Gasteiger partial charge in [0.2, 0.25) is 0 Å². The molecule has 0 saturated heterocycles. The summed E-state index contributed by atoms with van der Waals surface area (Å²) < 4.78 is 0. The molecule has 0 aliphatic carbocycles. The number of carboxylic acid groups (broad SMARTS) is 2. The van der Waals surface area contributed by atoms with Crippen molar-refractivity contribution in [3.63, 3.8) is 0 Å². The maximum atomic E-state index is 12.4. The van der Waals surface area contributed by atoms with Crippen molar-refractivity contribution in [3.8, 4) is 0 Å². The molecule has 8 nitrogen and oxygen atoms in total. The third kappa shape index (κ3) is 6.23. The van der Waals surface area contributed by atoms with Crippen molar-refractivity contribution in [3.05, 3.63) is 75.4 Å². The largest absolute Gasteiger partial charge is 1.00 e.